The van der Waals surface area contributed by atoms with Gasteiger partial charge in [0, 0.05) is 17.1 Å². The molecule has 0 atom stereocenters. The van der Waals surface area contributed by atoms with Gasteiger partial charge in [-0.1, -0.05) is 24.3 Å². The number of halogens is 2. The Morgan fingerprint density at radius 1 is 0.957 bits per heavy atom. The lowest BCUT2D eigenvalue weighted by atomic mass is 10.2. The average molecular weight is 373 g/mol. The van der Waals surface area contributed by atoms with Crippen molar-refractivity contribution in [1.29, 1.82) is 0 Å². The second-order valence-electron chi connectivity index (χ2n) is 4.87. The summed E-state index contributed by atoms with van der Waals surface area (Å²) in [6.07, 6.45) is 1.49. The topological polar surface area (TPSA) is 49.8 Å². The number of aromatic nitrogens is 2. The number of benzene rings is 2. The van der Waals surface area contributed by atoms with Crippen molar-refractivity contribution in [2.24, 2.45) is 0 Å². The predicted octanol–water partition coefficient (Wildman–Crippen LogP) is 4.73. The fourth-order valence-corrected chi connectivity index (χ4v) is 2.40. The Balaban J connectivity index is 1.67. The van der Waals surface area contributed by atoms with Gasteiger partial charge in [-0.15, -0.1) is 0 Å². The van der Waals surface area contributed by atoms with Gasteiger partial charge in [0.05, 0.1) is 5.69 Å². The van der Waals surface area contributed by atoms with E-state index in [0.717, 1.165) is 15.7 Å². The van der Waals surface area contributed by atoms with Crippen LogP contribution in [0, 0.1) is 5.82 Å². The van der Waals surface area contributed by atoms with E-state index in [2.05, 4.69) is 36.5 Å². The number of nitrogens with one attached hydrogen (secondary N) is 2. The Morgan fingerprint density at radius 3 is 2.48 bits per heavy atom. The van der Waals surface area contributed by atoms with Crippen molar-refractivity contribution in [2.75, 3.05) is 10.6 Å². The first-order chi connectivity index (χ1) is 11.2. The van der Waals surface area contributed by atoms with E-state index in [0.29, 0.717) is 18.2 Å². The van der Waals surface area contributed by atoms with E-state index in [1.165, 1.54) is 18.5 Å². The summed E-state index contributed by atoms with van der Waals surface area (Å²) in [5.41, 5.74) is 1.90. The Morgan fingerprint density at radius 2 is 1.70 bits per heavy atom. The number of hydrogen-bond acceptors (Lipinski definition) is 4. The molecule has 1 aromatic heterocycles. The third-order valence-electron chi connectivity index (χ3n) is 3.19. The minimum atomic E-state index is -0.240. The average Bonchev–Trinajstić information content (AvgIpc) is 2.57. The van der Waals surface area contributed by atoms with Crippen molar-refractivity contribution in [3.8, 4) is 0 Å². The lowest BCUT2D eigenvalue weighted by molar-refractivity contribution is 0.627. The van der Waals surface area contributed by atoms with E-state index < -0.39 is 0 Å². The number of rotatable bonds is 5. The van der Waals surface area contributed by atoms with Gasteiger partial charge in [0.1, 0.15) is 23.8 Å². The molecule has 2 N–H and O–H groups in total. The monoisotopic (exact) mass is 372 g/mol. The summed E-state index contributed by atoms with van der Waals surface area (Å²) in [4.78, 5) is 8.40. The molecule has 4 nitrogen and oxygen atoms in total. The van der Waals surface area contributed by atoms with Gasteiger partial charge in [-0.25, -0.2) is 14.4 Å². The van der Waals surface area contributed by atoms with Gasteiger partial charge < -0.3 is 10.6 Å². The van der Waals surface area contributed by atoms with Gasteiger partial charge in [0.15, 0.2) is 0 Å². The molecule has 0 saturated heterocycles. The molecule has 23 heavy (non-hydrogen) atoms. The van der Waals surface area contributed by atoms with Crippen LogP contribution in [0.15, 0.2) is 65.4 Å². The number of nitrogens with zero attached hydrogens (tertiary/aromatic N) is 2. The number of para-hydroxylation sites is 1. The second kappa shape index (κ2) is 7.19. The van der Waals surface area contributed by atoms with E-state index in [9.17, 15) is 4.39 Å². The first-order valence-corrected chi connectivity index (χ1v) is 7.82. The maximum atomic E-state index is 12.9. The minimum absolute atomic E-state index is 0.240. The molecule has 3 rings (SSSR count). The first-order valence-electron chi connectivity index (χ1n) is 7.02. The molecule has 0 fully saturated rings. The third-order valence-corrected chi connectivity index (χ3v) is 3.88. The maximum Gasteiger partial charge on any atom is 0.135 e. The SMILES string of the molecule is Fc1ccc(CNc2cc(Nc3ccccc3Br)ncn2)cc1. The molecule has 3 aromatic rings. The number of hydrogen-bond donors (Lipinski definition) is 2. The molecule has 0 spiro atoms. The summed E-state index contributed by atoms with van der Waals surface area (Å²) in [6.45, 7) is 0.561. The van der Waals surface area contributed by atoms with Crippen molar-refractivity contribution < 1.29 is 4.39 Å². The van der Waals surface area contributed by atoms with Crippen LogP contribution < -0.4 is 10.6 Å². The summed E-state index contributed by atoms with van der Waals surface area (Å²) in [5, 5.41) is 6.43. The van der Waals surface area contributed by atoms with Crippen LogP contribution in [0.4, 0.5) is 21.7 Å². The molecular formula is C17H14BrFN4. The fraction of sp³-hybridized carbons (Fsp3) is 0.0588. The smallest absolute Gasteiger partial charge is 0.135 e. The van der Waals surface area contributed by atoms with E-state index >= 15 is 0 Å². The van der Waals surface area contributed by atoms with Crippen molar-refractivity contribution in [3.05, 3.63) is 76.8 Å². The van der Waals surface area contributed by atoms with Gasteiger partial charge in [0.2, 0.25) is 0 Å². The van der Waals surface area contributed by atoms with E-state index in [1.807, 2.05) is 30.3 Å². The van der Waals surface area contributed by atoms with Crippen LogP contribution in [0.2, 0.25) is 0 Å². The van der Waals surface area contributed by atoms with Gasteiger partial charge in [-0.2, -0.15) is 0 Å². The summed E-state index contributed by atoms with van der Waals surface area (Å²) in [5.74, 6) is 1.14. The third kappa shape index (κ3) is 4.26. The zero-order valence-electron chi connectivity index (χ0n) is 12.1. The highest BCUT2D eigenvalue weighted by Crippen LogP contribution is 2.24. The molecule has 0 bridgehead atoms. The molecule has 0 aliphatic heterocycles. The molecule has 116 valence electrons. The Labute approximate surface area is 141 Å². The molecule has 0 unspecified atom stereocenters. The standard InChI is InChI=1S/C17H14BrFN4/c18-14-3-1-2-4-15(14)23-17-9-16(21-11-22-17)20-10-12-5-7-13(19)8-6-12/h1-9,11H,10H2,(H2,20,21,22,23). The van der Waals surface area contributed by atoms with E-state index in [-0.39, 0.29) is 5.82 Å². The molecule has 2 aromatic carbocycles. The van der Waals surface area contributed by atoms with Crippen molar-refractivity contribution in [2.45, 2.75) is 6.54 Å². The lowest BCUT2D eigenvalue weighted by Crippen LogP contribution is -2.03. The van der Waals surface area contributed by atoms with E-state index in [4.69, 9.17) is 0 Å². The Hall–Kier alpha value is -2.47. The Bertz CT molecular complexity index is 793. The molecule has 6 heteroatoms. The van der Waals surface area contributed by atoms with Crippen LogP contribution in [-0.2, 0) is 6.54 Å². The van der Waals surface area contributed by atoms with Crippen LogP contribution in [0.1, 0.15) is 5.56 Å². The zero-order valence-corrected chi connectivity index (χ0v) is 13.7. The zero-order chi connectivity index (χ0) is 16.1. The second-order valence-corrected chi connectivity index (χ2v) is 5.73. The molecule has 0 aliphatic rings. The number of anilines is 3. The van der Waals surface area contributed by atoms with E-state index in [1.54, 1.807) is 12.1 Å². The van der Waals surface area contributed by atoms with Crippen LogP contribution in [0.25, 0.3) is 0 Å². The van der Waals surface area contributed by atoms with Crippen LogP contribution >= 0.6 is 15.9 Å². The summed E-state index contributed by atoms with van der Waals surface area (Å²) in [7, 11) is 0. The summed E-state index contributed by atoms with van der Waals surface area (Å²) < 4.78 is 13.8. The van der Waals surface area contributed by atoms with Gasteiger partial charge in [-0.05, 0) is 45.8 Å². The van der Waals surface area contributed by atoms with Crippen LogP contribution in [0.5, 0.6) is 0 Å². The van der Waals surface area contributed by atoms with Gasteiger partial charge >= 0.3 is 0 Å². The molecule has 0 amide bonds. The van der Waals surface area contributed by atoms with Gasteiger partial charge in [0.25, 0.3) is 0 Å². The molecule has 1 heterocycles. The van der Waals surface area contributed by atoms with Crippen LogP contribution in [0.3, 0.4) is 0 Å². The molecule has 0 aliphatic carbocycles. The Kier molecular flexibility index (Phi) is 4.83. The van der Waals surface area contributed by atoms with Crippen molar-refractivity contribution in [3.63, 3.8) is 0 Å². The molecule has 0 saturated carbocycles. The summed E-state index contributed by atoms with van der Waals surface area (Å²) in [6, 6.07) is 16.0. The maximum absolute atomic E-state index is 12.9. The largest absolute Gasteiger partial charge is 0.366 e. The minimum Gasteiger partial charge on any atom is -0.366 e. The highest BCUT2D eigenvalue weighted by molar-refractivity contribution is 9.10. The fourth-order valence-electron chi connectivity index (χ4n) is 2.02. The first kappa shape index (κ1) is 15.4. The highest BCUT2D eigenvalue weighted by atomic mass is 79.9. The highest BCUT2D eigenvalue weighted by Gasteiger charge is 2.02. The lowest BCUT2D eigenvalue weighted by Gasteiger charge is -2.10. The predicted molar refractivity (Wildman–Crippen MR) is 93.2 cm³/mol. The molecule has 0 radical (unpaired) electrons. The van der Waals surface area contributed by atoms with Crippen molar-refractivity contribution >= 4 is 33.3 Å². The summed E-state index contributed by atoms with van der Waals surface area (Å²) >= 11 is 3.49. The van der Waals surface area contributed by atoms with Crippen molar-refractivity contribution in [1.82, 2.24) is 9.97 Å². The molecular weight excluding hydrogens is 359 g/mol. The quantitative estimate of drug-likeness (QED) is 0.679. The van der Waals surface area contributed by atoms with Gasteiger partial charge in [-0.3, -0.25) is 0 Å². The normalized spacial score (nSPS) is 10.3. The van der Waals surface area contributed by atoms with Crippen LogP contribution in [-0.4, -0.2) is 9.97 Å².